The largest absolute Gasteiger partial charge is 0.338 e. The van der Waals surface area contributed by atoms with Gasteiger partial charge in [-0.15, -0.1) is 11.3 Å². The van der Waals surface area contributed by atoms with Crippen LogP contribution in [0.3, 0.4) is 0 Å². The maximum Gasteiger partial charge on any atom is 0.224 e. The van der Waals surface area contributed by atoms with Crippen LogP contribution in [0, 0.1) is 0 Å². The quantitative estimate of drug-likeness (QED) is 0.596. The summed E-state index contributed by atoms with van der Waals surface area (Å²) in [6.45, 7) is 6.35. The number of benzene rings is 1. The highest BCUT2D eigenvalue weighted by Crippen LogP contribution is 2.24. The second-order valence-electron chi connectivity index (χ2n) is 8.25. The van der Waals surface area contributed by atoms with E-state index >= 15 is 0 Å². The molecule has 3 aromatic rings. The molecular formula is C24H28N4O2S. The van der Waals surface area contributed by atoms with Crippen molar-refractivity contribution in [2.45, 2.75) is 52.1 Å². The first kappa shape index (κ1) is 21.3. The predicted octanol–water partition coefficient (Wildman–Crippen LogP) is 4.42. The van der Waals surface area contributed by atoms with Gasteiger partial charge in [0.1, 0.15) is 5.82 Å². The molecule has 4 rings (SSSR count). The lowest BCUT2D eigenvalue weighted by Crippen LogP contribution is -2.35. The van der Waals surface area contributed by atoms with E-state index in [1.54, 1.807) is 11.3 Å². The molecule has 0 radical (unpaired) electrons. The molecule has 2 amide bonds. The van der Waals surface area contributed by atoms with Crippen molar-refractivity contribution < 1.29 is 9.59 Å². The predicted molar refractivity (Wildman–Crippen MR) is 123 cm³/mol. The van der Waals surface area contributed by atoms with E-state index in [0.717, 1.165) is 30.0 Å². The summed E-state index contributed by atoms with van der Waals surface area (Å²) in [6, 6.07) is 9.93. The maximum absolute atomic E-state index is 12.5. The van der Waals surface area contributed by atoms with Crippen molar-refractivity contribution in [2.24, 2.45) is 0 Å². The molecule has 0 aliphatic carbocycles. The summed E-state index contributed by atoms with van der Waals surface area (Å²) in [5.74, 6) is 1.30. The zero-order chi connectivity index (χ0) is 21.8. The summed E-state index contributed by atoms with van der Waals surface area (Å²) < 4.78 is 2.13. The molecule has 3 heterocycles. The number of imidazole rings is 1. The topological polar surface area (TPSA) is 67.2 Å². The van der Waals surface area contributed by atoms with Gasteiger partial charge >= 0.3 is 0 Å². The Balaban J connectivity index is 1.29. The second-order valence-corrected chi connectivity index (χ2v) is 9.25. The molecule has 1 aromatic carbocycles. The van der Waals surface area contributed by atoms with Gasteiger partial charge in [-0.05, 0) is 41.1 Å². The Kier molecular flexibility index (Phi) is 6.51. The van der Waals surface area contributed by atoms with E-state index in [2.05, 4.69) is 40.2 Å². The molecular weight excluding hydrogens is 408 g/mol. The van der Waals surface area contributed by atoms with Crippen molar-refractivity contribution in [1.82, 2.24) is 14.5 Å². The average molecular weight is 437 g/mol. The van der Waals surface area contributed by atoms with Crippen molar-refractivity contribution in [1.29, 1.82) is 0 Å². The number of hydrogen-bond donors (Lipinski definition) is 1. The van der Waals surface area contributed by atoms with Crippen LogP contribution >= 0.6 is 11.3 Å². The Hall–Kier alpha value is -2.93. The number of hydrogen-bond acceptors (Lipinski definition) is 4. The van der Waals surface area contributed by atoms with Gasteiger partial charge in [0.05, 0.1) is 0 Å². The average Bonchev–Trinajstić information content (AvgIpc) is 3.41. The molecule has 0 saturated carbocycles. The number of amides is 2. The lowest BCUT2D eigenvalue weighted by Gasteiger charge is -2.27. The smallest absolute Gasteiger partial charge is 0.224 e. The highest BCUT2D eigenvalue weighted by atomic mass is 32.1. The number of nitrogens with one attached hydrogen (secondary N) is 1. The Morgan fingerprint density at radius 2 is 2.10 bits per heavy atom. The molecule has 2 aromatic heterocycles. The van der Waals surface area contributed by atoms with Crippen molar-refractivity contribution in [3.05, 3.63) is 69.9 Å². The first-order valence-corrected chi connectivity index (χ1v) is 11.6. The molecule has 31 heavy (non-hydrogen) atoms. The van der Waals surface area contributed by atoms with Crippen LogP contribution in [0.2, 0.25) is 0 Å². The molecule has 0 saturated heterocycles. The van der Waals surface area contributed by atoms with Gasteiger partial charge < -0.3 is 14.8 Å². The van der Waals surface area contributed by atoms with Crippen LogP contribution in [0.4, 0.5) is 5.69 Å². The Labute approximate surface area is 186 Å². The Morgan fingerprint density at radius 3 is 2.94 bits per heavy atom. The number of nitrogens with zero attached hydrogens (tertiary/aromatic N) is 3. The summed E-state index contributed by atoms with van der Waals surface area (Å²) in [4.78, 5) is 32.6. The molecule has 162 valence electrons. The van der Waals surface area contributed by atoms with E-state index < -0.39 is 0 Å². The lowest BCUT2D eigenvalue weighted by atomic mass is 10.1. The third-order valence-corrected chi connectivity index (χ3v) is 6.58. The Bertz CT molecular complexity index is 1070. The van der Waals surface area contributed by atoms with Gasteiger partial charge in [-0.25, -0.2) is 4.98 Å². The number of carbonyl (C=O) groups is 2. The number of anilines is 1. The van der Waals surface area contributed by atoms with Crippen LogP contribution < -0.4 is 5.32 Å². The molecule has 7 heteroatoms. The van der Waals surface area contributed by atoms with E-state index in [-0.39, 0.29) is 24.7 Å². The highest BCUT2D eigenvalue weighted by Gasteiger charge is 2.21. The number of rotatable bonds is 7. The van der Waals surface area contributed by atoms with Crippen LogP contribution in [0.5, 0.6) is 0 Å². The highest BCUT2D eigenvalue weighted by molar-refractivity contribution is 7.10. The maximum atomic E-state index is 12.5. The minimum absolute atomic E-state index is 0.0436. The van der Waals surface area contributed by atoms with E-state index in [9.17, 15) is 9.59 Å². The van der Waals surface area contributed by atoms with Gasteiger partial charge in [0.2, 0.25) is 11.8 Å². The lowest BCUT2D eigenvalue weighted by molar-refractivity contribution is -0.133. The third-order valence-electron chi connectivity index (χ3n) is 5.55. The first-order chi connectivity index (χ1) is 15.0. The Morgan fingerprint density at radius 1 is 1.23 bits per heavy atom. The standard InChI is InChI=1S/C24H28N4O2S/c1-17(2)24-25-10-12-28(24)15-18-4-3-5-20(14-18)26-22(29)6-7-23(30)27-11-8-21-19(16-27)9-13-31-21/h3-5,9-10,12-14,17H,6-8,11,15-16H2,1-2H3,(H,26,29). The van der Waals surface area contributed by atoms with Crippen LogP contribution in [-0.4, -0.2) is 32.8 Å². The van der Waals surface area contributed by atoms with Gasteiger partial charge in [-0.3, -0.25) is 9.59 Å². The fraction of sp³-hybridized carbons (Fsp3) is 0.375. The summed E-state index contributed by atoms with van der Waals surface area (Å²) >= 11 is 1.76. The molecule has 0 bridgehead atoms. The number of thiophene rings is 1. The van der Waals surface area contributed by atoms with Crippen LogP contribution in [0.1, 0.15) is 54.4 Å². The number of aromatic nitrogens is 2. The van der Waals surface area contributed by atoms with E-state index in [4.69, 9.17) is 0 Å². The summed E-state index contributed by atoms with van der Waals surface area (Å²) in [5, 5.41) is 5.02. The monoisotopic (exact) mass is 436 g/mol. The minimum atomic E-state index is -0.135. The van der Waals surface area contributed by atoms with Crippen LogP contribution in [-0.2, 0) is 29.1 Å². The second kappa shape index (κ2) is 9.47. The zero-order valence-corrected chi connectivity index (χ0v) is 18.8. The minimum Gasteiger partial charge on any atom is -0.338 e. The molecule has 0 spiro atoms. The van der Waals surface area contributed by atoms with Gasteiger partial charge in [-0.1, -0.05) is 26.0 Å². The number of carbonyl (C=O) groups excluding carboxylic acids is 2. The molecule has 1 aliphatic rings. The molecule has 1 N–H and O–H groups in total. The van der Waals surface area contributed by atoms with Crippen molar-refractivity contribution in [3.8, 4) is 0 Å². The third kappa shape index (κ3) is 5.22. The normalized spacial score (nSPS) is 13.3. The molecule has 0 atom stereocenters. The molecule has 6 nitrogen and oxygen atoms in total. The van der Waals surface area contributed by atoms with Crippen LogP contribution in [0.15, 0.2) is 48.1 Å². The molecule has 0 unspecified atom stereocenters. The van der Waals surface area contributed by atoms with Crippen molar-refractivity contribution >= 4 is 28.8 Å². The zero-order valence-electron chi connectivity index (χ0n) is 18.0. The van der Waals surface area contributed by atoms with Gasteiger partial charge in [0.15, 0.2) is 0 Å². The van der Waals surface area contributed by atoms with Crippen molar-refractivity contribution in [3.63, 3.8) is 0 Å². The SMILES string of the molecule is CC(C)c1nccn1Cc1cccc(NC(=O)CCC(=O)N2CCc3sccc3C2)c1. The fourth-order valence-corrected chi connectivity index (χ4v) is 4.85. The number of fused-ring (bicyclic) bond motifs is 1. The van der Waals surface area contributed by atoms with E-state index in [1.807, 2.05) is 41.6 Å². The summed E-state index contributed by atoms with van der Waals surface area (Å²) in [7, 11) is 0. The van der Waals surface area contributed by atoms with Crippen LogP contribution in [0.25, 0.3) is 0 Å². The molecule has 1 aliphatic heterocycles. The summed E-state index contributed by atoms with van der Waals surface area (Å²) in [6.07, 6.45) is 5.13. The van der Waals surface area contributed by atoms with Gasteiger partial charge in [-0.2, -0.15) is 0 Å². The fourth-order valence-electron chi connectivity index (χ4n) is 3.96. The van der Waals surface area contributed by atoms with E-state index in [0.29, 0.717) is 19.0 Å². The van der Waals surface area contributed by atoms with Crippen molar-refractivity contribution in [2.75, 3.05) is 11.9 Å². The van der Waals surface area contributed by atoms with Gasteiger partial charge in [0, 0.05) is 61.4 Å². The molecule has 0 fully saturated rings. The summed E-state index contributed by atoms with van der Waals surface area (Å²) in [5.41, 5.74) is 3.08. The van der Waals surface area contributed by atoms with Gasteiger partial charge in [0.25, 0.3) is 0 Å². The van der Waals surface area contributed by atoms with E-state index in [1.165, 1.54) is 10.4 Å². The first-order valence-electron chi connectivity index (χ1n) is 10.7.